The predicted molar refractivity (Wildman–Crippen MR) is 35.4 cm³/mol. The van der Waals surface area contributed by atoms with Crippen LogP contribution in [0.3, 0.4) is 0 Å². The molecule has 0 aliphatic rings. The van der Waals surface area contributed by atoms with E-state index in [4.69, 9.17) is 0 Å². The lowest BCUT2D eigenvalue weighted by Crippen LogP contribution is -1.99. The maximum atomic E-state index is 3.39. The van der Waals surface area contributed by atoms with E-state index >= 15 is 0 Å². The van der Waals surface area contributed by atoms with E-state index in [1.165, 1.54) is 0 Å². The van der Waals surface area contributed by atoms with Crippen molar-refractivity contribution in [2.45, 2.75) is 6.92 Å². The lowest BCUT2D eigenvalue weighted by Gasteiger charge is -1.98. The second-order valence-corrected chi connectivity index (χ2v) is 5.45. The molecular formula is C3H9BrNP. The lowest BCUT2D eigenvalue weighted by molar-refractivity contribution is 1.03. The fourth-order valence-electron chi connectivity index (χ4n) is 0.218. The highest BCUT2D eigenvalue weighted by molar-refractivity contribution is 9.39. The molecule has 0 rings (SSSR count). The van der Waals surface area contributed by atoms with Crippen LogP contribution in [-0.4, -0.2) is 13.2 Å². The molecule has 0 aliphatic heterocycles. The molecule has 0 fully saturated rings. The van der Waals surface area contributed by atoms with Gasteiger partial charge in [0.05, 0.1) is 0 Å². The van der Waals surface area contributed by atoms with Crippen LogP contribution in [0.15, 0.2) is 0 Å². The van der Waals surface area contributed by atoms with Crippen LogP contribution >= 0.6 is 22.3 Å². The van der Waals surface area contributed by atoms with Gasteiger partial charge in [0.2, 0.25) is 0 Å². The van der Waals surface area contributed by atoms with Crippen molar-refractivity contribution in [3.8, 4) is 0 Å². The molecule has 38 valence electrons. The average Bonchev–Trinajstić information content (AvgIpc) is 1.35. The van der Waals surface area contributed by atoms with Crippen LogP contribution in [0.25, 0.3) is 0 Å². The summed E-state index contributed by atoms with van der Waals surface area (Å²) < 4.78 is 0. The van der Waals surface area contributed by atoms with E-state index in [1.807, 2.05) is 0 Å². The predicted octanol–water partition coefficient (Wildman–Crippen LogP) is 1.93. The molecule has 0 aromatic heterocycles. The Morgan fingerprint density at radius 1 is 1.83 bits per heavy atom. The van der Waals surface area contributed by atoms with Gasteiger partial charge >= 0.3 is 0 Å². The van der Waals surface area contributed by atoms with Gasteiger partial charge in [0.25, 0.3) is 0 Å². The van der Waals surface area contributed by atoms with E-state index < -0.39 is 0 Å². The van der Waals surface area contributed by atoms with E-state index in [0.717, 1.165) is 6.54 Å². The Labute approximate surface area is 48.1 Å². The third kappa shape index (κ3) is 4.87. The third-order valence-electron chi connectivity index (χ3n) is 0.376. The van der Waals surface area contributed by atoms with Crippen molar-refractivity contribution in [2.24, 2.45) is 0 Å². The second-order valence-electron chi connectivity index (χ2n) is 0.989. The zero-order valence-corrected chi connectivity index (χ0v) is 6.51. The van der Waals surface area contributed by atoms with Crippen LogP contribution in [0, 0.1) is 0 Å². The van der Waals surface area contributed by atoms with Crippen molar-refractivity contribution in [1.82, 2.24) is 5.09 Å². The van der Waals surface area contributed by atoms with Gasteiger partial charge in [-0.15, -0.1) is 0 Å². The fourth-order valence-corrected chi connectivity index (χ4v) is 1.41. The van der Waals surface area contributed by atoms with Gasteiger partial charge in [-0.1, -0.05) is 6.92 Å². The highest BCUT2D eigenvalue weighted by atomic mass is 79.9. The van der Waals surface area contributed by atoms with Gasteiger partial charge in [-0.25, -0.2) is 0 Å². The number of halogens is 1. The minimum atomic E-state index is -0.0381. The molecule has 0 spiro atoms. The monoisotopic (exact) mass is 169 g/mol. The van der Waals surface area contributed by atoms with Gasteiger partial charge in [0.15, 0.2) is 0 Å². The molecule has 1 nitrogen and oxygen atoms in total. The molecule has 0 aromatic carbocycles. The molecule has 0 radical (unpaired) electrons. The van der Waals surface area contributed by atoms with Gasteiger partial charge in [0.1, 0.15) is 0 Å². The number of nitrogens with one attached hydrogen (secondary N) is 1. The van der Waals surface area contributed by atoms with E-state index in [1.54, 1.807) is 0 Å². The second kappa shape index (κ2) is 4.04. The summed E-state index contributed by atoms with van der Waals surface area (Å²) in [6.45, 7) is 5.25. The Morgan fingerprint density at radius 3 is 2.33 bits per heavy atom. The van der Waals surface area contributed by atoms with Crippen molar-refractivity contribution < 1.29 is 0 Å². The summed E-state index contributed by atoms with van der Waals surface area (Å²) in [6.07, 6.45) is 0. The Balaban J connectivity index is 2.63. The average molecular weight is 170 g/mol. The van der Waals surface area contributed by atoms with Crippen molar-refractivity contribution >= 4 is 22.3 Å². The molecule has 0 saturated heterocycles. The summed E-state index contributed by atoms with van der Waals surface area (Å²) in [5.74, 6) is 0. The van der Waals surface area contributed by atoms with E-state index in [9.17, 15) is 0 Å². The van der Waals surface area contributed by atoms with Crippen LogP contribution in [-0.2, 0) is 0 Å². The topological polar surface area (TPSA) is 12.0 Å². The summed E-state index contributed by atoms with van der Waals surface area (Å²) in [4.78, 5) is 0. The van der Waals surface area contributed by atoms with Crippen LogP contribution < -0.4 is 5.09 Å². The van der Waals surface area contributed by atoms with Crippen molar-refractivity contribution in [3.63, 3.8) is 0 Å². The maximum Gasteiger partial charge on any atom is 0.0302 e. The highest BCUT2D eigenvalue weighted by Gasteiger charge is 1.84. The normalized spacial score (nSPS) is 14.5. The van der Waals surface area contributed by atoms with Crippen LogP contribution in [0.4, 0.5) is 0 Å². The van der Waals surface area contributed by atoms with Gasteiger partial charge in [-0.3, -0.25) is 5.09 Å². The quantitative estimate of drug-likeness (QED) is 0.624. The minimum Gasteiger partial charge on any atom is -0.288 e. The van der Waals surface area contributed by atoms with Crippen LogP contribution in [0.1, 0.15) is 6.92 Å². The third-order valence-corrected chi connectivity index (χ3v) is 1.88. The smallest absolute Gasteiger partial charge is 0.0302 e. The molecule has 1 unspecified atom stereocenters. The van der Waals surface area contributed by atoms with Gasteiger partial charge < -0.3 is 0 Å². The first kappa shape index (κ1) is 6.87. The fraction of sp³-hybridized carbons (Fsp3) is 1.00. The molecular weight excluding hydrogens is 161 g/mol. The van der Waals surface area contributed by atoms with Gasteiger partial charge in [-0.2, -0.15) is 0 Å². The summed E-state index contributed by atoms with van der Waals surface area (Å²) >= 11 is 3.39. The van der Waals surface area contributed by atoms with Gasteiger partial charge in [0, 0.05) is 6.77 Å². The zero-order chi connectivity index (χ0) is 4.99. The summed E-state index contributed by atoms with van der Waals surface area (Å²) in [6, 6.07) is 0. The number of rotatable bonds is 2. The highest BCUT2D eigenvalue weighted by Crippen LogP contribution is 2.33. The van der Waals surface area contributed by atoms with Crippen LogP contribution in [0.5, 0.6) is 0 Å². The first-order chi connectivity index (χ1) is 2.77. The number of hydrogen-bond acceptors (Lipinski definition) is 1. The summed E-state index contributed by atoms with van der Waals surface area (Å²) in [5, 5.41) is 3.19. The van der Waals surface area contributed by atoms with E-state index in [0.29, 0.717) is 0 Å². The molecule has 1 atom stereocenters. The molecule has 3 heteroatoms. The molecule has 0 bridgehead atoms. The van der Waals surface area contributed by atoms with E-state index in [2.05, 4.69) is 34.2 Å². The number of hydrogen-bond donors (Lipinski definition) is 1. The van der Waals surface area contributed by atoms with Gasteiger partial charge in [-0.05, 0) is 28.7 Å². The first-order valence-corrected chi connectivity index (χ1v) is 5.71. The van der Waals surface area contributed by atoms with Crippen molar-refractivity contribution in [2.75, 3.05) is 13.2 Å². The first-order valence-electron chi connectivity index (χ1n) is 1.90. The molecule has 0 saturated carbocycles. The molecule has 6 heavy (non-hydrogen) atoms. The zero-order valence-electron chi connectivity index (χ0n) is 4.03. The molecule has 1 N–H and O–H groups in total. The van der Waals surface area contributed by atoms with Crippen molar-refractivity contribution in [1.29, 1.82) is 0 Å². The summed E-state index contributed by atoms with van der Waals surface area (Å²) in [5.41, 5.74) is 0. The molecule has 0 aliphatic carbocycles. The summed E-state index contributed by atoms with van der Waals surface area (Å²) in [7, 11) is 0. The molecule has 0 amide bonds. The standard InChI is InChI=1S/C3H9BrNP/c1-3-5-6(2)4/h5H,3H2,1-2H3. The van der Waals surface area contributed by atoms with Crippen molar-refractivity contribution in [3.05, 3.63) is 0 Å². The lowest BCUT2D eigenvalue weighted by atomic mass is 10.8. The van der Waals surface area contributed by atoms with E-state index in [-0.39, 0.29) is 6.77 Å². The SMILES string of the molecule is CCNP(C)Br. The Hall–Kier alpha value is 0.870. The minimum absolute atomic E-state index is 0.0381. The molecule has 0 heterocycles. The Kier molecular flexibility index (Phi) is 4.63. The maximum absolute atomic E-state index is 3.39. The largest absolute Gasteiger partial charge is 0.288 e. The molecule has 0 aromatic rings. The Morgan fingerprint density at radius 2 is 2.33 bits per heavy atom. The Bertz CT molecular complexity index is 32.0. The van der Waals surface area contributed by atoms with Crippen LogP contribution in [0.2, 0.25) is 0 Å².